The minimum atomic E-state index is -4.97. The number of rotatable bonds is 5. The summed E-state index contributed by atoms with van der Waals surface area (Å²) < 4.78 is 67.2. The highest BCUT2D eigenvalue weighted by Crippen LogP contribution is 2.29. The van der Waals surface area contributed by atoms with Crippen LogP contribution in [0, 0.1) is 6.92 Å². The van der Waals surface area contributed by atoms with Crippen molar-refractivity contribution in [2.24, 2.45) is 0 Å². The van der Waals surface area contributed by atoms with Crippen molar-refractivity contribution in [1.29, 1.82) is 0 Å². The molecule has 0 saturated carbocycles. The normalized spacial score (nSPS) is 12.4. The second kappa shape index (κ2) is 6.23. The van der Waals surface area contributed by atoms with E-state index in [2.05, 4.69) is 14.4 Å². The van der Waals surface area contributed by atoms with Gasteiger partial charge in [-0.15, -0.1) is 24.5 Å². The van der Waals surface area contributed by atoms with Gasteiger partial charge in [-0.1, -0.05) is 12.1 Å². The van der Waals surface area contributed by atoms with Crippen LogP contribution in [0.25, 0.3) is 0 Å². The third-order valence-electron chi connectivity index (χ3n) is 2.44. The molecule has 0 unspecified atom stereocenters. The van der Waals surface area contributed by atoms with Gasteiger partial charge in [-0.2, -0.15) is 0 Å². The molecule has 5 nitrogen and oxygen atoms in total. The lowest BCUT2D eigenvalue weighted by Gasteiger charge is -2.13. The Bertz CT molecular complexity index is 757. The van der Waals surface area contributed by atoms with Gasteiger partial charge < -0.3 is 4.74 Å². The zero-order valence-corrected chi connectivity index (χ0v) is 12.8. The molecule has 0 spiro atoms. The van der Waals surface area contributed by atoms with E-state index >= 15 is 0 Å². The zero-order valence-electron chi connectivity index (χ0n) is 11.2. The summed E-state index contributed by atoms with van der Waals surface area (Å²) >= 11 is 1.25. The second-order valence-corrected chi connectivity index (χ2v) is 6.88. The predicted octanol–water partition coefficient (Wildman–Crippen LogP) is 2.83. The van der Waals surface area contributed by atoms with Crippen molar-refractivity contribution in [2.75, 3.05) is 0 Å². The molecule has 0 amide bonds. The fourth-order valence-corrected chi connectivity index (χ4v) is 3.52. The highest BCUT2D eigenvalue weighted by atomic mass is 32.2. The molecule has 1 aromatic heterocycles. The maximum Gasteiger partial charge on any atom is 0.573 e. The van der Waals surface area contributed by atoms with Crippen molar-refractivity contribution in [1.82, 2.24) is 9.71 Å². The van der Waals surface area contributed by atoms with Crippen molar-refractivity contribution in [3.05, 3.63) is 40.3 Å². The monoisotopic (exact) mass is 352 g/mol. The summed E-state index contributed by atoms with van der Waals surface area (Å²) in [7, 11) is -4.16. The number of benzene rings is 1. The molecule has 0 atom stereocenters. The average molecular weight is 352 g/mol. The molecule has 22 heavy (non-hydrogen) atoms. The minimum Gasteiger partial charge on any atom is -0.404 e. The van der Waals surface area contributed by atoms with E-state index < -0.39 is 27.0 Å². The predicted molar refractivity (Wildman–Crippen MR) is 74.0 cm³/mol. The summed E-state index contributed by atoms with van der Waals surface area (Å²) in [6.45, 7) is 1.64. The number of alkyl halides is 3. The van der Waals surface area contributed by atoms with Crippen LogP contribution < -0.4 is 9.46 Å². The Morgan fingerprint density at radius 3 is 2.59 bits per heavy atom. The van der Waals surface area contributed by atoms with Gasteiger partial charge in [0.1, 0.15) is 15.7 Å². The number of nitrogens with zero attached hydrogens (tertiary/aromatic N) is 1. The molecule has 0 aliphatic rings. The smallest absolute Gasteiger partial charge is 0.404 e. The van der Waals surface area contributed by atoms with E-state index in [9.17, 15) is 21.6 Å². The zero-order chi connectivity index (χ0) is 16.4. The molecule has 10 heteroatoms. The number of thiazole rings is 1. The number of aromatic nitrogens is 1. The van der Waals surface area contributed by atoms with E-state index in [1.54, 1.807) is 12.3 Å². The van der Waals surface area contributed by atoms with E-state index in [0.29, 0.717) is 5.01 Å². The number of nitrogens with one attached hydrogen (secondary N) is 1. The molecular weight excluding hydrogens is 341 g/mol. The number of hydrogen-bond donors (Lipinski definition) is 1. The molecule has 0 aliphatic heterocycles. The summed E-state index contributed by atoms with van der Waals surface area (Å²) in [4.78, 5) is 3.49. The van der Waals surface area contributed by atoms with Gasteiger partial charge in [0, 0.05) is 11.1 Å². The van der Waals surface area contributed by atoms with Gasteiger partial charge in [-0.3, -0.25) is 0 Å². The van der Waals surface area contributed by atoms with Crippen LogP contribution >= 0.6 is 11.3 Å². The molecule has 0 fully saturated rings. The standard InChI is InChI=1S/C12H11F3N2O3S2/c1-8-7-21-11(17-8)6-16-22(18,19)10-5-3-2-4-9(10)20-12(13,14)15/h2-5,7,16H,6H2,1H3. The van der Waals surface area contributed by atoms with Gasteiger partial charge in [0.25, 0.3) is 0 Å². The summed E-state index contributed by atoms with van der Waals surface area (Å²) in [6, 6.07) is 4.54. The Labute approximate surface area is 128 Å². The number of hydrogen-bond acceptors (Lipinski definition) is 5. The van der Waals surface area contributed by atoms with E-state index in [4.69, 9.17) is 0 Å². The topological polar surface area (TPSA) is 68.3 Å². The number of ether oxygens (including phenoxy) is 1. The van der Waals surface area contributed by atoms with E-state index in [1.165, 1.54) is 23.5 Å². The van der Waals surface area contributed by atoms with E-state index in [0.717, 1.165) is 17.8 Å². The molecule has 0 aliphatic carbocycles. The van der Waals surface area contributed by atoms with Crippen LogP contribution in [0.2, 0.25) is 0 Å². The quantitative estimate of drug-likeness (QED) is 0.898. The van der Waals surface area contributed by atoms with E-state index in [-0.39, 0.29) is 6.54 Å². The fraction of sp³-hybridized carbons (Fsp3) is 0.250. The van der Waals surface area contributed by atoms with Crippen LogP contribution in [-0.4, -0.2) is 19.8 Å². The minimum absolute atomic E-state index is 0.110. The molecule has 1 heterocycles. The third kappa shape index (κ3) is 4.42. The van der Waals surface area contributed by atoms with Crippen LogP contribution in [0.4, 0.5) is 13.2 Å². The van der Waals surface area contributed by atoms with Gasteiger partial charge in [-0.05, 0) is 19.1 Å². The van der Waals surface area contributed by atoms with Crippen molar-refractivity contribution >= 4 is 21.4 Å². The number of para-hydroxylation sites is 1. The van der Waals surface area contributed by atoms with Gasteiger partial charge >= 0.3 is 6.36 Å². The largest absolute Gasteiger partial charge is 0.573 e. The van der Waals surface area contributed by atoms with Crippen molar-refractivity contribution < 1.29 is 26.3 Å². The lowest BCUT2D eigenvalue weighted by Crippen LogP contribution is -2.25. The van der Waals surface area contributed by atoms with Crippen molar-refractivity contribution in [3.8, 4) is 5.75 Å². The van der Waals surface area contributed by atoms with Gasteiger partial charge in [-0.25, -0.2) is 18.1 Å². The maximum atomic E-state index is 12.3. The third-order valence-corrected chi connectivity index (χ3v) is 4.85. The van der Waals surface area contributed by atoms with Gasteiger partial charge in [0.05, 0.1) is 6.54 Å². The van der Waals surface area contributed by atoms with Crippen LogP contribution in [0.15, 0.2) is 34.5 Å². The summed E-state index contributed by atoms with van der Waals surface area (Å²) in [5.41, 5.74) is 0.736. The van der Waals surface area contributed by atoms with Crippen LogP contribution in [0.1, 0.15) is 10.7 Å². The number of aryl methyl sites for hydroxylation is 1. The van der Waals surface area contributed by atoms with E-state index in [1.807, 2.05) is 0 Å². The molecule has 2 rings (SSSR count). The maximum absolute atomic E-state index is 12.3. The molecule has 2 aromatic rings. The highest BCUT2D eigenvalue weighted by Gasteiger charge is 2.33. The number of halogens is 3. The highest BCUT2D eigenvalue weighted by molar-refractivity contribution is 7.89. The Balaban J connectivity index is 2.22. The summed E-state index contributed by atoms with van der Waals surface area (Å²) in [5, 5.41) is 2.25. The van der Waals surface area contributed by atoms with Gasteiger partial charge in [0.15, 0.2) is 0 Å². The average Bonchev–Trinajstić information content (AvgIpc) is 2.81. The lowest BCUT2D eigenvalue weighted by atomic mass is 10.3. The van der Waals surface area contributed by atoms with Gasteiger partial charge in [0.2, 0.25) is 10.0 Å². The first-order chi connectivity index (χ1) is 10.2. The Kier molecular flexibility index (Phi) is 4.73. The first-order valence-electron chi connectivity index (χ1n) is 5.93. The van der Waals surface area contributed by atoms with Crippen molar-refractivity contribution in [2.45, 2.75) is 24.7 Å². The fourth-order valence-electron chi connectivity index (χ4n) is 1.60. The Morgan fingerprint density at radius 1 is 1.32 bits per heavy atom. The molecule has 120 valence electrons. The molecule has 0 saturated heterocycles. The Morgan fingerprint density at radius 2 is 2.00 bits per heavy atom. The molecule has 1 N–H and O–H groups in total. The molecular formula is C12H11F3N2O3S2. The number of sulfonamides is 1. The van der Waals surface area contributed by atoms with Crippen LogP contribution in [0.5, 0.6) is 5.75 Å². The van der Waals surface area contributed by atoms with Crippen LogP contribution in [-0.2, 0) is 16.6 Å². The van der Waals surface area contributed by atoms with Crippen molar-refractivity contribution in [3.63, 3.8) is 0 Å². The molecule has 0 bridgehead atoms. The van der Waals surface area contributed by atoms with Crippen LogP contribution in [0.3, 0.4) is 0 Å². The first-order valence-corrected chi connectivity index (χ1v) is 8.29. The molecule has 1 aromatic carbocycles. The molecule has 0 radical (unpaired) electrons. The SMILES string of the molecule is Cc1csc(CNS(=O)(=O)c2ccccc2OC(F)(F)F)n1. The summed E-state index contributed by atoms with van der Waals surface area (Å²) in [6.07, 6.45) is -4.97. The summed E-state index contributed by atoms with van der Waals surface area (Å²) in [5.74, 6) is -0.780. The Hall–Kier alpha value is -1.65. The first kappa shape index (κ1) is 16.7. The second-order valence-electron chi connectivity index (χ2n) is 4.20. The lowest BCUT2D eigenvalue weighted by molar-refractivity contribution is -0.275.